The van der Waals surface area contributed by atoms with E-state index in [0.717, 1.165) is 19.4 Å². The van der Waals surface area contributed by atoms with Crippen molar-refractivity contribution in [3.05, 3.63) is 52.5 Å². The summed E-state index contributed by atoms with van der Waals surface area (Å²) >= 11 is 3.40. The predicted octanol–water partition coefficient (Wildman–Crippen LogP) is 4.11. The van der Waals surface area contributed by atoms with Crippen molar-refractivity contribution in [3.8, 4) is 11.5 Å². The molecule has 1 N–H and O–H groups in total. The highest BCUT2D eigenvalue weighted by Gasteiger charge is 2.14. The van der Waals surface area contributed by atoms with Gasteiger partial charge in [0, 0.05) is 31.4 Å². The van der Waals surface area contributed by atoms with E-state index in [0.29, 0.717) is 28.1 Å². The maximum absolute atomic E-state index is 12.4. The Morgan fingerprint density at radius 2 is 1.69 bits per heavy atom. The Bertz CT molecular complexity index is 697. The van der Waals surface area contributed by atoms with Gasteiger partial charge in [0.1, 0.15) is 16.0 Å². The highest BCUT2D eigenvalue weighted by molar-refractivity contribution is 9.10. The lowest BCUT2D eigenvalue weighted by Crippen LogP contribution is -2.26. The molecule has 0 aliphatic heterocycles. The molecule has 0 bridgehead atoms. The van der Waals surface area contributed by atoms with E-state index in [9.17, 15) is 4.79 Å². The summed E-state index contributed by atoms with van der Waals surface area (Å²) in [6.07, 6.45) is 1.91. The topological polar surface area (TPSA) is 50.8 Å². The number of methoxy groups -OCH3 is 2. The first kappa shape index (κ1) is 20.1. The third-order valence-electron chi connectivity index (χ3n) is 4.11. The molecule has 0 aliphatic carbocycles. The van der Waals surface area contributed by atoms with Crippen LogP contribution in [0.15, 0.2) is 46.9 Å². The van der Waals surface area contributed by atoms with Crippen LogP contribution in [0, 0.1) is 0 Å². The minimum atomic E-state index is -0.134. The molecular formula is C20H25BrN2O3. The first-order valence-electron chi connectivity index (χ1n) is 8.52. The molecule has 1 amide bonds. The Hall–Kier alpha value is -2.21. The number of para-hydroxylation sites is 1. The van der Waals surface area contributed by atoms with Crippen LogP contribution in [0.2, 0.25) is 0 Å². The lowest BCUT2D eigenvalue weighted by atomic mass is 10.2. The highest BCUT2D eigenvalue weighted by Crippen LogP contribution is 2.35. The maximum atomic E-state index is 12.4. The fraction of sp³-hybridized carbons (Fsp3) is 0.350. The zero-order valence-corrected chi connectivity index (χ0v) is 17.0. The van der Waals surface area contributed by atoms with E-state index < -0.39 is 0 Å². The van der Waals surface area contributed by atoms with Gasteiger partial charge < -0.3 is 19.7 Å². The van der Waals surface area contributed by atoms with E-state index in [1.165, 1.54) is 5.69 Å². The van der Waals surface area contributed by atoms with Crippen molar-refractivity contribution in [2.45, 2.75) is 12.8 Å². The molecule has 0 saturated carbocycles. The molecule has 0 atom stereocenters. The number of nitrogens with one attached hydrogen (secondary N) is 1. The van der Waals surface area contributed by atoms with E-state index in [-0.39, 0.29) is 5.91 Å². The van der Waals surface area contributed by atoms with Crippen molar-refractivity contribution in [2.75, 3.05) is 39.3 Å². The molecule has 140 valence electrons. The van der Waals surface area contributed by atoms with Crippen LogP contribution in [0.1, 0.15) is 23.2 Å². The number of nitrogens with zero attached hydrogens (tertiary/aromatic N) is 1. The number of amides is 1. The number of anilines is 1. The Kier molecular flexibility index (Phi) is 7.78. The third-order valence-corrected chi connectivity index (χ3v) is 4.89. The smallest absolute Gasteiger partial charge is 0.251 e. The minimum absolute atomic E-state index is 0.134. The minimum Gasteiger partial charge on any atom is -0.495 e. The number of hydrogen-bond donors (Lipinski definition) is 1. The first-order chi connectivity index (χ1) is 12.6. The van der Waals surface area contributed by atoms with E-state index in [4.69, 9.17) is 9.47 Å². The Morgan fingerprint density at radius 3 is 2.27 bits per heavy atom. The molecule has 2 aromatic carbocycles. The standard InChI is InChI=1S/C20H25BrN2O3/c1-23(16-9-5-4-6-10-16)12-8-7-11-22-20(24)15-13-17(25-2)19(21)18(14-15)26-3/h4-6,9-10,13-14H,7-8,11-12H2,1-3H3,(H,22,24). The molecule has 0 radical (unpaired) electrons. The highest BCUT2D eigenvalue weighted by atomic mass is 79.9. The summed E-state index contributed by atoms with van der Waals surface area (Å²) in [4.78, 5) is 14.6. The zero-order valence-electron chi connectivity index (χ0n) is 15.4. The summed E-state index contributed by atoms with van der Waals surface area (Å²) in [6.45, 7) is 1.57. The van der Waals surface area contributed by atoms with Crippen molar-refractivity contribution in [1.82, 2.24) is 5.32 Å². The number of carbonyl (C=O) groups excluding carboxylic acids is 1. The second-order valence-corrected chi connectivity index (χ2v) is 6.71. The van der Waals surface area contributed by atoms with Crippen molar-refractivity contribution >= 4 is 27.5 Å². The molecule has 2 aromatic rings. The van der Waals surface area contributed by atoms with Crippen LogP contribution >= 0.6 is 15.9 Å². The van der Waals surface area contributed by atoms with Gasteiger partial charge in [-0.3, -0.25) is 4.79 Å². The molecule has 6 heteroatoms. The molecular weight excluding hydrogens is 396 g/mol. The van der Waals surface area contributed by atoms with Crippen molar-refractivity contribution in [2.24, 2.45) is 0 Å². The van der Waals surface area contributed by atoms with Gasteiger partial charge in [0.05, 0.1) is 14.2 Å². The Labute approximate surface area is 163 Å². The van der Waals surface area contributed by atoms with E-state index in [2.05, 4.69) is 45.3 Å². The van der Waals surface area contributed by atoms with Crippen molar-refractivity contribution < 1.29 is 14.3 Å². The van der Waals surface area contributed by atoms with Crippen LogP contribution < -0.4 is 19.7 Å². The molecule has 0 unspecified atom stereocenters. The summed E-state index contributed by atoms with van der Waals surface area (Å²) in [5.74, 6) is 1.00. The summed E-state index contributed by atoms with van der Waals surface area (Å²) in [5.41, 5.74) is 1.72. The van der Waals surface area contributed by atoms with Crippen LogP contribution in [0.4, 0.5) is 5.69 Å². The van der Waals surface area contributed by atoms with E-state index in [1.54, 1.807) is 26.4 Å². The molecule has 5 nitrogen and oxygen atoms in total. The molecule has 0 heterocycles. The lowest BCUT2D eigenvalue weighted by Gasteiger charge is -2.19. The quantitative estimate of drug-likeness (QED) is 0.620. The van der Waals surface area contributed by atoms with Gasteiger partial charge in [-0.25, -0.2) is 0 Å². The molecule has 26 heavy (non-hydrogen) atoms. The third kappa shape index (κ3) is 5.39. The monoisotopic (exact) mass is 420 g/mol. The van der Waals surface area contributed by atoms with E-state index in [1.807, 2.05) is 18.2 Å². The summed E-state index contributed by atoms with van der Waals surface area (Å²) < 4.78 is 11.3. The Balaban J connectivity index is 1.80. The number of halogens is 1. The fourth-order valence-corrected chi connectivity index (χ4v) is 3.14. The van der Waals surface area contributed by atoms with Crippen LogP contribution in [-0.2, 0) is 0 Å². The van der Waals surface area contributed by atoms with Gasteiger partial charge in [-0.15, -0.1) is 0 Å². The lowest BCUT2D eigenvalue weighted by molar-refractivity contribution is 0.0952. The first-order valence-corrected chi connectivity index (χ1v) is 9.32. The number of ether oxygens (including phenoxy) is 2. The number of hydrogen-bond acceptors (Lipinski definition) is 4. The van der Waals surface area contributed by atoms with Gasteiger partial charge >= 0.3 is 0 Å². The average Bonchev–Trinajstić information content (AvgIpc) is 2.68. The van der Waals surface area contributed by atoms with Crippen LogP contribution in [0.3, 0.4) is 0 Å². The fourth-order valence-electron chi connectivity index (χ4n) is 2.59. The average molecular weight is 421 g/mol. The molecule has 2 rings (SSSR count). The molecule has 0 spiro atoms. The van der Waals surface area contributed by atoms with Gasteiger partial charge in [0.25, 0.3) is 5.91 Å². The van der Waals surface area contributed by atoms with Crippen LogP contribution in [0.5, 0.6) is 11.5 Å². The maximum Gasteiger partial charge on any atom is 0.251 e. The summed E-state index contributed by atoms with van der Waals surface area (Å²) in [5, 5.41) is 2.95. The number of benzene rings is 2. The van der Waals surface area contributed by atoms with Gasteiger partial charge in [-0.05, 0) is 53.0 Å². The molecule has 0 fully saturated rings. The van der Waals surface area contributed by atoms with Gasteiger partial charge in [-0.1, -0.05) is 18.2 Å². The van der Waals surface area contributed by atoms with Gasteiger partial charge in [0.15, 0.2) is 0 Å². The summed E-state index contributed by atoms with van der Waals surface area (Å²) in [6, 6.07) is 13.7. The largest absolute Gasteiger partial charge is 0.495 e. The van der Waals surface area contributed by atoms with Crippen molar-refractivity contribution in [1.29, 1.82) is 0 Å². The molecule has 0 aromatic heterocycles. The van der Waals surface area contributed by atoms with Crippen LogP contribution in [0.25, 0.3) is 0 Å². The number of carbonyl (C=O) groups is 1. The van der Waals surface area contributed by atoms with Gasteiger partial charge in [-0.2, -0.15) is 0 Å². The number of unbranched alkanes of at least 4 members (excludes halogenated alkanes) is 1. The van der Waals surface area contributed by atoms with Crippen LogP contribution in [-0.4, -0.2) is 40.3 Å². The van der Waals surface area contributed by atoms with Gasteiger partial charge in [0.2, 0.25) is 0 Å². The second-order valence-electron chi connectivity index (χ2n) is 5.91. The van der Waals surface area contributed by atoms with E-state index >= 15 is 0 Å². The second kappa shape index (κ2) is 10.1. The normalized spacial score (nSPS) is 10.3. The number of rotatable bonds is 9. The SMILES string of the molecule is COc1cc(C(=O)NCCCCN(C)c2ccccc2)cc(OC)c1Br. The summed E-state index contributed by atoms with van der Waals surface area (Å²) in [7, 11) is 5.20. The molecule has 0 aliphatic rings. The Morgan fingerprint density at radius 1 is 1.08 bits per heavy atom. The molecule has 0 saturated heterocycles. The predicted molar refractivity (Wildman–Crippen MR) is 109 cm³/mol. The zero-order chi connectivity index (χ0) is 18.9. The van der Waals surface area contributed by atoms with Crippen molar-refractivity contribution in [3.63, 3.8) is 0 Å².